The van der Waals surface area contributed by atoms with Crippen molar-refractivity contribution in [2.24, 2.45) is 5.73 Å². The predicted molar refractivity (Wildman–Crippen MR) is 70.3 cm³/mol. The molecule has 18 heavy (non-hydrogen) atoms. The summed E-state index contributed by atoms with van der Waals surface area (Å²) >= 11 is 0. The zero-order chi connectivity index (χ0) is 13.4. The molecule has 0 saturated carbocycles. The van der Waals surface area contributed by atoms with Gasteiger partial charge in [-0.2, -0.15) is 0 Å². The van der Waals surface area contributed by atoms with Gasteiger partial charge < -0.3 is 20.7 Å². The van der Waals surface area contributed by atoms with Crippen LogP contribution in [0.3, 0.4) is 0 Å². The number of methoxy groups -OCH3 is 1. The molecule has 0 unspecified atom stereocenters. The van der Waals surface area contributed by atoms with Gasteiger partial charge in [0.15, 0.2) is 0 Å². The summed E-state index contributed by atoms with van der Waals surface area (Å²) in [6.45, 7) is 1.67. The number of amides is 1. The van der Waals surface area contributed by atoms with E-state index in [1.165, 1.54) is 0 Å². The summed E-state index contributed by atoms with van der Waals surface area (Å²) in [7, 11) is 3.42. The van der Waals surface area contributed by atoms with Crippen LogP contribution >= 0.6 is 0 Å². The molecule has 0 bridgehead atoms. The number of ether oxygens (including phenoxy) is 1. The summed E-state index contributed by atoms with van der Waals surface area (Å²) in [4.78, 5) is 17.7. The number of carbonyl (C=O) groups is 1. The van der Waals surface area contributed by atoms with E-state index in [1.54, 1.807) is 12.0 Å². The maximum atomic E-state index is 11.6. The number of nitrogens with one attached hydrogen (secondary N) is 1. The monoisotopic (exact) mass is 252 g/mol. The molecule has 0 saturated heterocycles. The predicted octanol–water partition coefficient (Wildman–Crippen LogP) is -0.261. The van der Waals surface area contributed by atoms with Crippen molar-refractivity contribution in [3.63, 3.8) is 0 Å². The van der Waals surface area contributed by atoms with Gasteiger partial charge in [-0.25, -0.2) is 4.98 Å². The summed E-state index contributed by atoms with van der Waals surface area (Å²) in [5, 5.41) is 2.75. The first kappa shape index (κ1) is 14.4. The Labute approximate surface area is 107 Å². The molecule has 0 aromatic carbocycles. The largest absolute Gasteiger partial charge is 0.383 e. The van der Waals surface area contributed by atoms with E-state index in [4.69, 9.17) is 10.5 Å². The van der Waals surface area contributed by atoms with Gasteiger partial charge in [0.05, 0.1) is 18.8 Å². The Morgan fingerprint density at radius 2 is 2.33 bits per heavy atom. The topological polar surface area (TPSA) is 80.5 Å². The summed E-state index contributed by atoms with van der Waals surface area (Å²) in [6.07, 6.45) is 0. The second-order valence-electron chi connectivity index (χ2n) is 3.89. The highest BCUT2D eigenvalue weighted by Crippen LogP contribution is 2.08. The van der Waals surface area contributed by atoms with Crippen molar-refractivity contribution in [3.05, 3.63) is 23.9 Å². The van der Waals surface area contributed by atoms with Gasteiger partial charge in [0, 0.05) is 27.2 Å². The number of anilines is 1. The van der Waals surface area contributed by atoms with Gasteiger partial charge in [0.1, 0.15) is 5.82 Å². The summed E-state index contributed by atoms with van der Waals surface area (Å²) in [5.41, 5.74) is 6.33. The molecule has 100 valence electrons. The SMILES string of the molecule is COCCNC(=O)CN(C)c1cccc(CN)n1. The fraction of sp³-hybridized carbons (Fsp3) is 0.500. The lowest BCUT2D eigenvalue weighted by molar-refractivity contribution is -0.119. The van der Waals surface area contributed by atoms with Gasteiger partial charge in [-0.15, -0.1) is 0 Å². The second kappa shape index (κ2) is 7.62. The van der Waals surface area contributed by atoms with Gasteiger partial charge in [0.25, 0.3) is 0 Å². The molecule has 1 aromatic rings. The standard InChI is InChI=1S/C12H20N4O2/c1-16(9-12(17)14-6-7-18-2)11-5-3-4-10(8-13)15-11/h3-5H,6-9,13H2,1-2H3,(H,14,17). The average Bonchev–Trinajstić information content (AvgIpc) is 2.39. The van der Waals surface area contributed by atoms with Crippen molar-refractivity contribution in [1.82, 2.24) is 10.3 Å². The maximum Gasteiger partial charge on any atom is 0.239 e. The van der Waals surface area contributed by atoms with E-state index in [0.717, 1.165) is 11.5 Å². The molecular formula is C12H20N4O2. The van der Waals surface area contributed by atoms with E-state index < -0.39 is 0 Å². The van der Waals surface area contributed by atoms with Crippen molar-refractivity contribution >= 4 is 11.7 Å². The number of pyridine rings is 1. The molecule has 1 rings (SSSR count). The molecule has 0 aliphatic carbocycles. The average molecular weight is 252 g/mol. The number of rotatable bonds is 7. The van der Waals surface area contributed by atoms with Crippen molar-refractivity contribution in [2.75, 3.05) is 38.8 Å². The van der Waals surface area contributed by atoms with E-state index in [-0.39, 0.29) is 12.5 Å². The normalized spacial score (nSPS) is 10.2. The molecule has 3 N–H and O–H groups in total. The Hall–Kier alpha value is -1.66. The van der Waals surface area contributed by atoms with Gasteiger partial charge in [-0.3, -0.25) is 4.79 Å². The number of hydrogen-bond acceptors (Lipinski definition) is 5. The number of likely N-dealkylation sites (N-methyl/N-ethyl adjacent to an activating group) is 1. The van der Waals surface area contributed by atoms with Crippen LogP contribution in [0.5, 0.6) is 0 Å². The molecule has 0 atom stereocenters. The van der Waals surface area contributed by atoms with Crippen LogP contribution in [0, 0.1) is 0 Å². The van der Waals surface area contributed by atoms with E-state index in [2.05, 4.69) is 10.3 Å². The van der Waals surface area contributed by atoms with Crippen molar-refractivity contribution < 1.29 is 9.53 Å². The van der Waals surface area contributed by atoms with Crippen LogP contribution in [0.15, 0.2) is 18.2 Å². The smallest absolute Gasteiger partial charge is 0.239 e. The van der Waals surface area contributed by atoms with E-state index in [9.17, 15) is 4.79 Å². The third-order valence-electron chi connectivity index (χ3n) is 2.40. The molecule has 0 fully saturated rings. The molecule has 0 aliphatic rings. The van der Waals surface area contributed by atoms with E-state index >= 15 is 0 Å². The van der Waals surface area contributed by atoms with Crippen molar-refractivity contribution in [1.29, 1.82) is 0 Å². The molecule has 0 spiro atoms. The number of aromatic nitrogens is 1. The lowest BCUT2D eigenvalue weighted by Crippen LogP contribution is -2.37. The highest BCUT2D eigenvalue weighted by atomic mass is 16.5. The molecule has 1 amide bonds. The number of carbonyl (C=O) groups excluding carboxylic acids is 1. The summed E-state index contributed by atoms with van der Waals surface area (Å²) < 4.78 is 4.86. The van der Waals surface area contributed by atoms with Crippen LogP contribution in [0.2, 0.25) is 0 Å². The van der Waals surface area contributed by atoms with Crippen LogP contribution in [0.4, 0.5) is 5.82 Å². The molecule has 1 aromatic heterocycles. The van der Waals surface area contributed by atoms with E-state index in [1.807, 2.05) is 25.2 Å². The minimum atomic E-state index is -0.0606. The highest BCUT2D eigenvalue weighted by Gasteiger charge is 2.08. The Kier molecular flexibility index (Phi) is 6.10. The van der Waals surface area contributed by atoms with Gasteiger partial charge in [-0.05, 0) is 12.1 Å². The minimum absolute atomic E-state index is 0.0606. The Bertz CT molecular complexity index is 384. The van der Waals surface area contributed by atoms with Crippen molar-refractivity contribution in [2.45, 2.75) is 6.54 Å². The fourth-order valence-electron chi connectivity index (χ4n) is 1.44. The molecule has 0 radical (unpaired) electrons. The second-order valence-corrected chi connectivity index (χ2v) is 3.89. The third kappa shape index (κ3) is 4.68. The first-order valence-corrected chi connectivity index (χ1v) is 5.80. The highest BCUT2D eigenvalue weighted by molar-refractivity contribution is 5.80. The summed E-state index contributed by atoms with van der Waals surface area (Å²) in [5.74, 6) is 0.675. The Morgan fingerprint density at radius 3 is 3.00 bits per heavy atom. The van der Waals surface area contributed by atoms with Crippen LogP contribution in [0.25, 0.3) is 0 Å². The zero-order valence-electron chi connectivity index (χ0n) is 10.8. The zero-order valence-corrected chi connectivity index (χ0v) is 10.8. The molecule has 6 heteroatoms. The van der Waals surface area contributed by atoms with Crippen LogP contribution in [-0.4, -0.2) is 44.7 Å². The minimum Gasteiger partial charge on any atom is -0.383 e. The van der Waals surface area contributed by atoms with Crippen molar-refractivity contribution in [3.8, 4) is 0 Å². The Balaban J connectivity index is 2.48. The summed E-state index contributed by atoms with van der Waals surface area (Å²) in [6, 6.07) is 5.58. The fourth-order valence-corrected chi connectivity index (χ4v) is 1.44. The third-order valence-corrected chi connectivity index (χ3v) is 2.40. The molecule has 1 heterocycles. The lowest BCUT2D eigenvalue weighted by Gasteiger charge is -2.18. The Morgan fingerprint density at radius 1 is 1.56 bits per heavy atom. The molecule has 0 aliphatic heterocycles. The number of nitrogens with zero attached hydrogens (tertiary/aromatic N) is 2. The van der Waals surface area contributed by atoms with Gasteiger partial charge in [0.2, 0.25) is 5.91 Å². The quantitative estimate of drug-likeness (QED) is 0.653. The van der Waals surface area contributed by atoms with Crippen LogP contribution < -0.4 is 16.0 Å². The van der Waals surface area contributed by atoms with Gasteiger partial charge >= 0.3 is 0 Å². The van der Waals surface area contributed by atoms with Gasteiger partial charge in [-0.1, -0.05) is 6.07 Å². The van der Waals surface area contributed by atoms with Crippen LogP contribution in [0.1, 0.15) is 5.69 Å². The number of hydrogen-bond donors (Lipinski definition) is 2. The van der Waals surface area contributed by atoms with Crippen LogP contribution in [-0.2, 0) is 16.1 Å². The molecular weight excluding hydrogens is 232 g/mol. The molecule has 6 nitrogen and oxygen atoms in total. The first-order valence-electron chi connectivity index (χ1n) is 5.80. The maximum absolute atomic E-state index is 11.6. The first-order chi connectivity index (χ1) is 8.67. The van der Waals surface area contributed by atoms with E-state index in [0.29, 0.717) is 19.7 Å². The number of nitrogens with two attached hydrogens (primary N) is 1. The lowest BCUT2D eigenvalue weighted by atomic mass is 10.3.